The highest BCUT2D eigenvalue weighted by Crippen LogP contribution is 2.16. The molecule has 21 heavy (non-hydrogen) atoms. The molecule has 0 aliphatic rings. The third-order valence-electron chi connectivity index (χ3n) is 3.54. The van der Waals surface area contributed by atoms with E-state index in [9.17, 15) is 4.79 Å². The molecule has 0 unspecified atom stereocenters. The van der Waals surface area contributed by atoms with Gasteiger partial charge in [-0.2, -0.15) is 0 Å². The molecule has 1 atom stereocenters. The number of carbonyl (C=O) groups excluding carboxylic acids is 1. The van der Waals surface area contributed by atoms with E-state index in [0.29, 0.717) is 6.54 Å². The van der Waals surface area contributed by atoms with Crippen LogP contribution in [0.3, 0.4) is 0 Å². The molecule has 1 N–H and O–H groups in total. The van der Waals surface area contributed by atoms with E-state index in [2.05, 4.69) is 37.4 Å². The predicted molar refractivity (Wildman–Crippen MR) is 87.3 cm³/mol. The molecule has 0 aromatic heterocycles. The Hall–Kier alpha value is -1.51. The molecule has 0 radical (unpaired) electrons. The van der Waals surface area contributed by atoms with Gasteiger partial charge in [-0.25, -0.2) is 4.79 Å². The Labute approximate surface area is 129 Å². The number of ether oxygens (including phenoxy) is 1. The molecule has 118 valence electrons. The van der Waals surface area contributed by atoms with Gasteiger partial charge in [0, 0.05) is 6.54 Å². The summed E-state index contributed by atoms with van der Waals surface area (Å²) in [5.74, 6) is 0.733. The molecular weight excluding hydrogens is 262 g/mol. The summed E-state index contributed by atoms with van der Waals surface area (Å²) in [4.78, 5) is 11.7. The van der Waals surface area contributed by atoms with Gasteiger partial charge in [0.1, 0.15) is 5.60 Å². The molecule has 0 spiro atoms. The summed E-state index contributed by atoms with van der Waals surface area (Å²) in [6.07, 6.45) is 3.08. The van der Waals surface area contributed by atoms with E-state index in [0.717, 1.165) is 12.3 Å². The number of hydrogen-bond acceptors (Lipinski definition) is 2. The lowest BCUT2D eigenvalue weighted by Gasteiger charge is -2.20. The number of benzene rings is 1. The van der Waals surface area contributed by atoms with Gasteiger partial charge in [0.05, 0.1) is 0 Å². The van der Waals surface area contributed by atoms with Crippen molar-refractivity contribution < 1.29 is 9.53 Å². The van der Waals surface area contributed by atoms with Gasteiger partial charge in [0.2, 0.25) is 0 Å². The summed E-state index contributed by atoms with van der Waals surface area (Å²) in [6, 6.07) is 8.29. The van der Waals surface area contributed by atoms with Crippen LogP contribution in [-0.4, -0.2) is 11.7 Å². The van der Waals surface area contributed by atoms with E-state index >= 15 is 0 Å². The Morgan fingerprint density at radius 3 is 2.43 bits per heavy atom. The highest BCUT2D eigenvalue weighted by atomic mass is 16.6. The van der Waals surface area contributed by atoms with Crippen molar-refractivity contribution in [1.29, 1.82) is 0 Å². The van der Waals surface area contributed by atoms with Crippen molar-refractivity contribution in [2.24, 2.45) is 5.92 Å². The maximum absolute atomic E-state index is 11.7. The summed E-state index contributed by atoms with van der Waals surface area (Å²) in [7, 11) is 0. The van der Waals surface area contributed by atoms with Crippen molar-refractivity contribution in [2.75, 3.05) is 0 Å². The number of carbonyl (C=O) groups is 1. The minimum Gasteiger partial charge on any atom is -0.444 e. The number of hydrogen-bond donors (Lipinski definition) is 1. The summed E-state index contributed by atoms with van der Waals surface area (Å²) >= 11 is 0. The third-order valence-corrected chi connectivity index (χ3v) is 3.54. The molecule has 0 saturated carbocycles. The molecule has 3 heteroatoms. The Bertz CT molecular complexity index is 449. The van der Waals surface area contributed by atoms with E-state index in [-0.39, 0.29) is 6.09 Å². The van der Waals surface area contributed by atoms with Gasteiger partial charge < -0.3 is 10.1 Å². The van der Waals surface area contributed by atoms with E-state index in [1.165, 1.54) is 24.0 Å². The molecule has 1 aromatic carbocycles. The molecule has 0 aliphatic heterocycles. The van der Waals surface area contributed by atoms with Gasteiger partial charge in [-0.1, -0.05) is 44.5 Å². The normalized spacial score (nSPS) is 12.8. The molecule has 1 rings (SSSR count). The van der Waals surface area contributed by atoms with Gasteiger partial charge in [0.25, 0.3) is 0 Å². The van der Waals surface area contributed by atoms with E-state index < -0.39 is 5.60 Å². The van der Waals surface area contributed by atoms with Crippen LogP contribution in [0.15, 0.2) is 24.3 Å². The molecule has 3 nitrogen and oxygen atoms in total. The van der Waals surface area contributed by atoms with Gasteiger partial charge >= 0.3 is 6.09 Å². The number of rotatable bonds is 6. The fraction of sp³-hybridized carbons (Fsp3) is 0.611. The molecular formula is C18H29NO2. The van der Waals surface area contributed by atoms with Crippen LogP contribution in [0.4, 0.5) is 4.79 Å². The molecule has 0 fully saturated rings. The van der Waals surface area contributed by atoms with Crippen molar-refractivity contribution in [3.63, 3.8) is 0 Å². The maximum Gasteiger partial charge on any atom is 0.407 e. The minimum atomic E-state index is -0.458. The molecule has 0 saturated heterocycles. The van der Waals surface area contributed by atoms with Crippen LogP contribution in [0.2, 0.25) is 0 Å². The number of aryl methyl sites for hydroxylation is 1. The average molecular weight is 291 g/mol. The van der Waals surface area contributed by atoms with Gasteiger partial charge in [-0.15, -0.1) is 0 Å². The topological polar surface area (TPSA) is 38.3 Å². The minimum absolute atomic E-state index is 0.362. The quantitative estimate of drug-likeness (QED) is 0.825. The summed E-state index contributed by atoms with van der Waals surface area (Å²) in [5.41, 5.74) is 2.03. The summed E-state index contributed by atoms with van der Waals surface area (Å²) < 4.78 is 5.26. The van der Waals surface area contributed by atoms with Crippen LogP contribution in [0.25, 0.3) is 0 Å². The fourth-order valence-electron chi connectivity index (χ4n) is 2.06. The molecule has 1 amide bonds. The Balaban J connectivity index is 2.57. The Kier molecular flexibility index (Phi) is 6.73. The van der Waals surface area contributed by atoms with Crippen LogP contribution >= 0.6 is 0 Å². The average Bonchev–Trinajstić information content (AvgIpc) is 2.41. The van der Waals surface area contributed by atoms with Crippen molar-refractivity contribution >= 4 is 6.09 Å². The first kappa shape index (κ1) is 17.5. The van der Waals surface area contributed by atoms with Gasteiger partial charge in [0.15, 0.2) is 0 Å². The highest BCUT2D eigenvalue weighted by Gasteiger charge is 2.16. The van der Waals surface area contributed by atoms with Crippen molar-refractivity contribution in [2.45, 2.75) is 66.0 Å². The Morgan fingerprint density at radius 2 is 1.86 bits per heavy atom. The van der Waals surface area contributed by atoms with Crippen molar-refractivity contribution in [3.8, 4) is 0 Å². The summed E-state index contributed by atoms with van der Waals surface area (Å²) in [6.45, 7) is 10.6. The van der Waals surface area contributed by atoms with Crippen LogP contribution in [0, 0.1) is 5.92 Å². The largest absolute Gasteiger partial charge is 0.444 e. The highest BCUT2D eigenvalue weighted by molar-refractivity contribution is 5.67. The standard InChI is InChI=1S/C18H29NO2/c1-6-14(2)11-12-15-9-7-8-10-16(15)13-19-17(20)21-18(3,4)5/h7-10,14H,6,11-13H2,1-5H3,(H,19,20)/t14-/m1/s1. The lowest BCUT2D eigenvalue weighted by Crippen LogP contribution is -2.32. The van der Waals surface area contributed by atoms with E-state index in [1.54, 1.807) is 0 Å². The second-order valence-electron chi connectivity index (χ2n) is 6.68. The molecule has 1 aromatic rings. The maximum atomic E-state index is 11.7. The third kappa shape index (κ3) is 7.16. The van der Waals surface area contributed by atoms with Crippen LogP contribution in [0.1, 0.15) is 58.6 Å². The SMILES string of the molecule is CC[C@@H](C)CCc1ccccc1CNC(=O)OC(C)(C)C. The van der Waals surface area contributed by atoms with E-state index in [1.807, 2.05) is 26.8 Å². The second kappa shape index (κ2) is 8.06. The van der Waals surface area contributed by atoms with Crippen LogP contribution < -0.4 is 5.32 Å². The van der Waals surface area contributed by atoms with E-state index in [4.69, 9.17) is 4.74 Å². The first-order valence-corrected chi connectivity index (χ1v) is 7.85. The zero-order chi connectivity index (χ0) is 15.9. The van der Waals surface area contributed by atoms with Crippen molar-refractivity contribution in [1.82, 2.24) is 5.32 Å². The molecule has 0 bridgehead atoms. The first-order chi connectivity index (χ1) is 9.81. The monoisotopic (exact) mass is 291 g/mol. The zero-order valence-electron chi connectivity index (χ0n) is 14.0. The number of alkyl carbamates (subject to hydrolysis) is 1. The van der Waals surface area contributed by atoms with Crippen LogP contribution in [0.5, 0.6) is 0 Å². The summed E-state index contributed by atoms with van der Waals surface area (Å²) in [5, 5.41) is 2.84. The lowest BCUT2D eigenvalue weighted by molar-refractivity contribution is 0.0523. The Morgan fingerprint density at radius 1 is 1.24 bits per heavy atom. The molecule has 0 aliphatic carbocycles. The van der Waals surface area contributed by atoms with Gasteiger partial charge in [-0.05, 0) is 50.7 Å². The fourth-order valence-corrected chi connectivity index (χ4v) is 2.06. The molecule has 0 heterocycles. The lowest BCUT2D eigenvalue weighted by atomic mass is 9.96. The number of nitrogens with one attached hydrogen (secondary N) is 1. The van der Waals surface area contributed by atoms with Gasteiger partial charge in [-0.3, -0.25) is 0 Å². The second-order valence-corrected chi connectivity index (χ2v) is 6.68. The van der Waals surface area contributed by atoms with Crippen molar-refractivity contribution in [3.05, 3.63) is 35.4 Å². The first-order valence-electron chi connectivity index (χ1n) is 7.85. The number of amides is 1. The smallest absolute Gasteiger partial charge is 0.407 e. The predicted octanol–water partition coefficient (Wildman–Crippen LogP) is 4.69. The van der Waals surface area contributed by atoms with Crippen LogP contribution in [-0.2, 0) is 17.7 Å². The zero-order valence-corrected chi connectivity index (χ0v) is 14.0.